The van der Waals surface area contributed by atoms with E-state index in [4.69, 9.17) is 5.11 Å². The Kier molecular flexibility index (Phi) is 1.70. The summed E-state index contributed by atoms with van der Waals surface area (Å²) in [6.45, 7) is 0. The summed E-state index contributed by atoms with van der Waals surface area (Å²) in [5, 5.41) is 16.1. The predicted octanol–water partition coefficient (Wildman–Crippen LogP) is 0.806. The number of hydrogen-bond acceptors (Lipinski definition) is 3. The number of aryl methyl sites for hydroxylation is 1. The van der Waals surface area contributed by atoms with Gasteiger partial charge in [-0.05, 0) is 12.1 Å². The summed E-state index contributed by atoms with van der Waals surface area (Å²) in [4.78, 5) is 10.8. The molecule has 0 spiro atoms. The topological polar surface area (TPSA) is 68.0 Å². The number of hydrogen-bond donors (Lipinski definition) is 1. The fourth-order valence-corrected chi connectivity index (χ4v) is 1.33. The van der Waals surface area contributed by atoms with Crippen LogP contribution in [-0.4, -0.2) is 26.1 Å². The standard InChI is InChI=1S/C8H6FN3O2/c1-12-7-5(10-11-12)3-2-4(9)6(7)8(13)14/h2-3H,1H3,(H,13,14). The quantitative estimate of drug-likeness (QED) is 0.730. The van der Waals surface area contributed by atoms with E-state index in [2.05, 4.69) is 10.3 Å². The third-order valence-corrected chi connectivity index (χ3v) is 1.93. The van der Waals surface area contributed by atoms with Crippen LogP contribution in [0.3, 0.4) is 0 Å². The molecule has 0 amide bonds. The van der Waals surface area contributed by atoms with E-state index in [1.165, 1.54) is 17.8 Å². The summed E-state index contributed by atoms with van der Waals surface area (Å²) in [5.41, 5.74) is 0.166. The van der Waals surface area contributed by atoms with Crippen LogP contribution in [0.1, 0.15) is 10.4 Å². The van der Waals surface area contributed by atoms with E-state index in [1.54, 1.807) is 0 Å². The second-order valence-electron chi connectivity index (χ2n) is 2.81. The largest absolute Gasteiger partial charge is 0.478 e. The van der Waals surface area contributed by atoms with Crippen LogP contribution < -0.4 is 0 Å². The van der Waals surface area contributed by atoms with E-state index < -0.39 is 17.3 Å². The number of fused-ring (bicyclic) bond motifs is 1. The lowest BCUT2D eigenvalue weighted by molar-refractivity contribution is 0.0693. The number of nitrogens with zero attached hydrogens (tertiary/aromatic N) is 3. The maximum absolute atomic E-state index is 13.2. The van der Waals surface area contributed by atoms with Gasteiger partial charge in [-0.15, -0.1) is 5.10 Å². The third kappa shape index (κ3) is 1.04. The summed E-state index contributed by atoms with van der Waals surface area (Å²) in [6.07, 6.45) is 0. The molecule has 0 aliphatic rings. The lowest BCUT2D eigenvalue weighted by Gasteiger charge is -1.99. The molecule has 0 radical (unpaired) electrons. The molecule has 0 bridgehead atoms. The molecule has 5 nitrogen and oxygen atoms in total. The number of carboxylic acids is 1. The number of carboxylic acid groups (broad SMARTS) is 1. The summed E-state index contributed by atoms with van der Waals surface area (Å²) in [6, 6.07) is 2.46. The Morgan fingerprint density at radius 2 is 2.29 bits per heavy atom. The molecule has 72 valence electrons. The highest BCUT2D eigenvalue weighted by atomic mass is 19.1. The monoisotopic (exact) mass is 195 g/mol. The van der Waals surface area contributed by atoms with Gasteiger partial charge in [0.1, 0.15) is 22.4 Å². The summed E-state index contributed by atoms with van der Waals surface area (Å²) < 4.78 is 14.4. The highest BCUT2D eigenvalue weighted by molar-refractivity contribution is 6.01. The van der Waals surface area contributed by atoms with Crippen LogP contribution in [0.4, 0.5) is 4.39 Å². The van der Waals surface area contributed by atoms with Gasteiger partial charge in [-0.25, -0.2) is 13.9 Å². The van der Waals surface area contributed by atoms with Gasteiger partial charge in [0.05, 0.1) is 0 Å². The number of benzene rings is 1. The highest BCUT2D eigenvalue weighted by Crippen LogP contribution is 2.18. The molecular weight excluding hydrogens is 189 g/mol. The zero-order valence-corrected chi connectivity index (χ0v) is 7.23. The van der Waals surface area contributed by atoms with Gasteiger partial charge in [-0.3, -0.25) is 0 Å². The molecule has 0 fully saturated rings. The first kappa shape index (κ1) is 8.61. The predicted molar refractivity (Wildman–Crippen MR) is 45.4 cm³/mol. The average molecular weight is 195 g/mol. The van der Waals surface area contributed by atoms with Crippen molar-refractivity contribution >= 4 is 17.0 Å². The summed E-state index contributed by atoms with van der Waals surface area (Å²) in [7, 11) is 1.52. The van der Waals surface area contributed by atoms with Gasteiger partial charge in [0.15, 0.2) is 0 Å². The van der Waals surface area contributed by atoms with E-state index in [9.17, 15) is 9.18 Å². The first-order valence-corrected chi connectivity index (χ1v) is 3.82. The lowest BCUT2D eigenvalue weighted by Crippen LogP contribution is -2.04. The summed E-state index contributed by atoms with van der Waals surface area (Å²) >= 11 is 0. The van der Waals surface area contributed by atoms with Crippen molar-refractivity contribution in [2.45, 2.75) is 0 Å². The first-order chi connectivity index (χ1) is 6.61. The molecular formula is C8H6FN3O2. The minimum Gasteiger partial charge on any atom is -0.478 e. The second-order valence-corrected chi connectivity index (χ2v) is 2.81. The van der Waals surface area contributed by atoms with Crippen LogP contribution in [0.25, 0.3) is 11.0 Å². The normalized spacial score (nSPS) is 10.7. The van der Waals surface area contributed by atoms with Gasteiger partial charge in [-0.1, -0.05) is 5.21 Å². The number of aromatic nitrogens is 3. The lowest BCUT2D eigenvalue weighted by atomic mass is 10.1. The van der Waals surface area contributed by atoms with E-state index in [1.807, 2.05) is 0 Å². The zero-order valence-electron chi connectivity index (χ0n) is 7.23. The Labute approximate surface area is 77.8 Å². The Bertz CT molecular complexity index is 521. The smallest absolute Gasteiger partial charge is 0.340 e. The van der Waals surface area contributed by atoms with Crippen LogP contribution in [0.15, 0.2) is 12.1 Å². The van der Waals surface area contributed by atoms with Crippen LogP contribution >= 0.6 is 0 Å². The molecule has 6 heteroatoms. The molecule has 2 aromatic rings. The fraction of sp³-hybridized carbons (Fsp3) is 0.125. The molecule has 0 saturated heterocycles. The first-order valence-electron chi connectivity index (χ1n) is 3.82. The number of rotatable bonds is 1. The fourth-order valence-electron chi connectivity index (χ4n) is 1.33. The van der Waals surface area contributed by atoms with Gasteiger partial charge in [0.25, 0.3) is 0 Å². The molecule has 0 saturated carbocycles. The Morgan fingerprint density at radius 3 is 2.93 bits per heavy atom. The molecule has 1 heterocycles. The van der Waals surface area contributed by atoms with Crippen molar-refractivity contribution in [2.75, 3.05) is 0 Å². The van der Waals surface area contributed by atoms with Crippen molar-refractivity contribution in [3.05, 3.63) is 23.5 Å². The minimum atomic E-state index is -1.32. The van der Waals surface area contributed by atoms with E-state index in [-0.39, 0.29) is 5.52 Å². The van der Waals surface area contributed by atoms with Crippen molar-refractivity contribution in [2.24, 2.45) is 7.05 Å². The molecule has 0 aliphatic carbocycles. The van der Waals surface area contributed by atoms with Crippen LogP contribution in [0.2, 0.25) is 0 Å². The van der Waals surface area contributed by atoms with Gasteiger partial charge in [-0.2, -0.15) is 0 Å². The Balaban J connectivity index is 2.94. The van der Waals surface area contributed by atoms with Crippen molar-refractivity contribution in [3.63, 3.8) is 0 Å². The molecule has 0 aliphatic heterocycles. The van der Waals surface area contributed by atoms with Crippen molar-refractivity contribution in [1.29, 1.82) is 0 Å². The van der Waals surface area contributed by atoms with Crippen LogP contribution in [-0.2, 0) is 7.05 Å². The third-order valence-electron chi connectivity index (χ3n) is 1.93. The number of aromatic carboxylic acids is 1. The number of halogens is 1. The maximum Gasteiger partial charge on any atom is 0.340 e. The minimum absolute atomic E-state index is 0.192. The van der Waals surface area contributed by atoms with Crippen LogP contribution in [0.5, 0.6) is 0 Å². The molecule has 0 unspecified atom stereocenters. The molecule has 1 aromatic carbocycles. The van der Waals surface area contributed by atoms with Crippen LogP contribution in [0, 0.1) is 5.82 Å². The molecule has 1 aromatic heterocycles. The van der Waals surface area contributed by atoms with E-state index in [0.717, 1.165) is 6.07 Å². The van der Waals surface area contributed by atoms with E-state index in [0.29, 0.717) is 5.52 Å². The SMILES string of the molecule is Cn1nnc2ccc(F)c(C(=O)O)c21. The van der Waals surface area contributed by atoms with E-state index >= 15 is 0 Å². The van der Waals surface area contributed by atoms with Gasteiger partial charge < -0.3 is 5.11 Å². The Hall–Kier alpha value is -1.98. The van der Waals surface area contributed by atoms with Gasteiger partial charge in [0.2, 0.25) is 0 Å². The van der Waals surface area contributed by atoms with Gasteiger partial charge in [0, 0.05) is 7.05 Å². The second kappa shape index (κ2) is 2.76. The Morgan fingerprint density at radius 1 is 1.57 bits per heavy atom. The highest BCUT2D eigenvalue weighted by Gasteiger charge is 2.18. The summed E-state index contributed by atoms with van der Waals surface area (Å²) in [5.74, 6) is -2.10. The van der Waals surface area contributed by atoms with Crippen molar-refractivity contribution in [1.82, 2.24) is 15.0 Å². The van der Waals surface area contributed by atoms with Crippen molar-refractivity contribution < 1.29 is 14.3 Å². The molecule has 2 rings (SSSR count). The maximum atomic E-state index is 13.2. The average Bonchev–Trinajstić information content (AvgIpc) is 2.47. The van der Waals surface area contributed by atoms with Gasteiger partial charge >= 0.3 is 5.97 Å². The zero-order chi connectivity index (χ0) is 10.3. The number of carbonyl (C=O) groups is 1. The molecule has 1 N–H and O–H groups in total. The van der Waals surface area contributed by atoms with Crippen molar-refractivity contribution in [3.8, 4) is 0 Å². The molecule has 0 atom stereocenters. The molecule has 14 heavy (non-hydrogen) atoms.